The molecule has 41 heavy (non-hydrogen) atoms. The van der Waals surface area contributed by atoms with E-state index in [1.54, 1.807) is 17.2 Å². The fourth-order valence-corrected chi connectivity index (χ4v) is 6.43. The van der Waals surface area contributed by atoms with Crippen LogP contribution in [0.3, 0.4) is 0 Å². The SMILES string of the molecule is CC1CCC(C(=O)N(c2cc(C#CC(C)(C)C)sc2C(=O)O)C(C)CCOc2cc(CN3CCCC3)ccn2)CC1. The third kappa shape index (κ3) is 8.80. The number of thiophene rings is 1. The van der Waals surface area contributed by atoms with E-state index in [0.717, 1.165) is 56.7 Å². The molecule has 1 N–H and O–H groups in total. The summed E-state index contributed by atoms with van der Waals surface area (Å²) >= 11 is 1.14. The van der Waals surface area contributed by atoms with Gasteiger partial charge in [-0.2, -0.15) is 0 Å². The number of hydrogen-bond acceptors (Lipinski definition) is 6. The minimum absolute atomic E-state index is 0.00534. The first-order chi connectivity index (χ1) is 19.5. The zero-order valence-electron chi connectivity index (χ0n) is 25.2. The third-order valence-electron chi connectivity index (χ3n) is 7.96. The Labute approximate surface area is 249 Å². The second-order valence-corrected chi connectivity index (χ2v) is 13.8. The van der Waals surface area contributed by atoms with E-state index >= 15 is 0 Å². The second-order valence-electron chi connectivity index (χ2n) is 12.8. The first-order valence-corrected chi connectivity index (χ1v) is 15.9. The number of ether oxygens (including phenoxy) is 1. The van der Waals surface area contributed by atoms with E-state index in [0.29, 0.717) is 35.4 Å². The number of anilines is 1. The number of amides is 1. The molecular weight excluding hydrogens is 534 g/mol. The summed E-state index contributed by atoms with van der Waals surface area (Å²) < 4.78 is 6.06. The molecule has 1 saturated heterocycles. The van der Waals surface area contributed by atoms with Crippen molar-refractivity contribution in [3.05, 3.63) is 39.7 Å². The number of hydrogen-bond donors (Lipinski definition) is 1. The van der Waals surface area contributed by atoms with Gasteiger partial charge in [0, 0.05) is 42.6 Å². The number of aromatic nitrogens is 1. The van der Waals surface area contributed by atoms with E-state index in [9.17, 15) is 14.7 Å². The van der Waals surface area contributed by atoms with Gasteiger partial charge in [-0.15, -0.1) is 11.3 Å². The highest BCUT2D eigenvalue weighted by Gasteiger charge is 2.34. The van der Waals surface area contributed by atoms with Crippen molar-refractivity contribution < 1.29 is 19.4 Å². The van der Waals surface area contributed by atoms with Gasteiger partial charge in [0.25, 0.3) is 0 Å². The molecule has 2 fully saturated rings. The minimum atomic E-state index is -1.04. The second kappa shape index (κ2) is 13.8. The van der Waals surface area contributed by atoms with Gasteiger partial charge in [-0.25, -0.2) is 9.78 Å². The molecule has 0 radical (unpaired) electrons. The van der Waals surface area contributed by atoms with Gasteiger partial charge in [0.05, 0.1) is 17.2 Å². The van der Waals surface area contributed by atoms with Crippen molar-refractivity contribution in [2.24, 2.45) is 17.3 Å². The van der Waals surface area contributed by atoms with Gasteiger partial charge < -0.3 is 14.7 Å². The Morgan fingerprint density at radius 1 is 1.20 bits per heavy atom. The molecule has 222 valence electrons. The van der Waals surface area contributed by atoms with Crippen LogP contribution in [0.2, 0.25) is 0 Å². The van der Waals surface area contributed by atoms with Crippen LogP contribution in [0.5, 0.6) is 5.88 Å². The highest BCUT2D eigenvalue weighted by molar-refractivity contribution is 7.15. The number of carbonyl (C=O) groups excluding carboxylic acids is 1. The number of carboxylic acid groups (broad SMARTS) is 1. The predicted octanol–water partition coefficient (Wildman–Crippen LogP) is 6.85. The lowest BCUT2D eigenvalue weighted by Crippen LogP contribution is -2.44. The minimum Gasteiger partial charge on any atom is -0.478 e. The number of likely N-dealkylation sites (tertiary alicyclic amines) is 1. The van der Waals surface area contributed by atoms with Crippen LogP contribution in [-0.4, -0.2) is 52.6 Å². The molecular formula is C33H45N3O4S. The molecule has 2 aliphatic rings. The number of carbonyl (C=O) groups is 2. The van der Waals surface area contributed by atoms with Gasteiger partial charge in [-0.05, 0) is 103 Å². The lowest BCUT2D eigenvalue weighted by Gasteiger charge is -2.34. The zero-order chi connectivity index (χ0) is 29.6. The Bertz CT molecular complexity index is 1260. The summed E-state index contributed by atoms with van der Waals surface area (Å²) in [5, 5.41) is 10.1. The normalized spacial score (nSPS) is 20.2. The van der Waals surface area contributed by atoms with E-state index in [1.807, 2.05) is 39.8 Å². The summed E-state index contributed by atoms with van der Waals surface area (Å²) in [5.74, 6) is 6.40. The fraction of sp³-hybridized carbons (Fsp3) is 0.606. The molecule has 0 spiro atoms. The molecule has 8 heteroatoms. The van der Waals surface area contributed by atoms with Crippen LogP contribution in [0.25, 0.3) is 0 Å². The van der Waals surface area contributed by atoms with Crippen LogP contribution in [0, 0.1) is 29.1 Å². The number of pyridine rings is 1. The monoisotopic (exact) mass is 579 g/mol. The Balaban J connectivity index is 1.53. The average Bonchev–Trinajstić information content (AvgIpc) is 3.58. The van der Waals surface area contributed by atoms with E-state index < -0.39 is 5.97 Å². The average molecular weight is 580 g/mol. The van der Waals surface area contributed by atoms with Crippen LogP contribution in [-0.2, 0) is 11.3 Å². The topological polar surface area (TPSA) is 83.0 Å². The van der Waals surface area contributed by atoms with Crippen molar-refractivity contribution in [3.63, 3.8) is 0 Å². The zero-order valence-corrected chi connectivity index (χ0v) is 26.1. The van der Waals surface area contributed by atoms with Crippen molar-refractivity contribution in [2.45, 2.75) is 92.2 Å². The van der Waals surface area contributed by atoms with Gasteiger partial charge >= 0.3 is 5.97 Å². The van der Waals surface area contributed by atoms with Crippen molar-refractivity contribution in [1.82, 2.24) is 9.88 Å². The van der Waals surface area contributed by atoms with E-state index in [-0.39, 0.29) is 28.2 Å². The van der Waals surface area contributed by atoms with Crippen LogP contribution in [0.1, 0.15) is 99.7 Å². The van der Waals surface area contributed by atoms with Gasteiger partial charge in [-0.3, -0.25) is 9.69 Å². The van der Waals surface area contributed by atoms with E-state index in [2.05, 4.69) is 28.6 Å². The van der Waals surface area contributed by atoms with Crippen molar-refractivity contribution in [1.29, 1.82) is 0 Å². The summed E-state index contributed by atoms with van der Waals surface area (Å²) in [6, 6.07) is 5.56. The first-order valence-electron chi connectivity index (χ1n) is 15.0. The number of rotatable bonds is 10. The Kier molecular flexibility index (Phi) is 10.5. The van der Waals surface area contributed by atoms with Crippen LogP contribution in [0.15, 0.2) is 24.4 Å². The molecule has 2 aromatic rings. The molecule has 0 bridgehead atoms. The quantitative estimate of drug-likeness (QED) is 0.310. The Morgan fingerprint density at radius 3 is 2.56 bits per heavy atom. The third-order valence-corrected chi connectivity index (χ3v) is 8.99. The smallest absolute Gasteiger partial charge is 0.348 e. The predicted molar refractivity (Wildman–Crippen MR) is 165 cm³/mol. The summed E-state index contributed by atoms with van der Waals surface area (Å²) in [5.41, 5.74) is 1.41. The molecule has 1 unspecified atom stereocenters. The summed E-state index contributed by atoms with van der Waals surface area (Å²) in [7, 11) is 0. The van der Waals surface area contributed by atoms with Crippen molar-refractivity contribution in [3.8, 4) is 17.7 Å². The molecule has 0 aromatic carbocycles. The molecule has 1 saturated carbocycles. The number of carboxylic acids is 1. The summed E-state index contributed by atoms with van der Waals surface area (Å²) in [4.78, 5) is 35.8. The maximum atomic E-state index is 14.0. The maximum Gasteiger partial charge on any atom is 0.348 e. The Morgan fingerprint density at radius 2 is 1.90 bits per heavy atom. The molecule has 1 atom stereocenters. The van der Waals surface area contributed by atoms with Crippen LogP contribution < -0.4 is 9.64 Å². The fourth-order valence-electron chi connectivity index (χ4n) is 5.59. The largest absolute Gasteiger partial charge is 0.478 e. The van der Waals surface area contributed by atoms with Gasteiger partial charge in [0.15, 0.2) is 0 Å². The molecule has 7 nitrogen and oxygen atoms in total. The maximum absolute atomic E-state index is 14.0. The van der Waals surface area contributed by atoms with Gasteiger partial charge in [0.2, 0.25) is 11.8 Å². The first kappa shape index (κ1) is 31.1. The molecule has 3 heterocycles. The highest BCUT2D eigenvalue weighted by Crippen LogP contribution is 2.36. The molecule has 4 rings (SSSR count). The molecule has 1 aliphatic heterocycles. The van der Waals surface area contributed by atoms with Gasteiger partial charge in [0.1, 0.15) is 4.88 Å². The van der Waals surface area contributed by atoms with E-state index in [4.69, 9.17) is 4.74 Å². The lowest BCUT2D eigenvalue weighted by atomic mass is 9.82. The van der Waals surface area contributed by atoms with Crippen LogP contribution >= 0.6 is 11.3 Å². The van der Waals surface area contributed by atoms with Crippen molar-refractivity contribution >= 4 is 28.9 Å². The molecule has 1 amide bonds. The number of aromatic carboxylic acids is 1. The van der Waals surface area contributed by atoms with Crippen molar-refractivity contribution in [2.75, 3.05) is 24.6 Å². The lowest BCUT2D eigenvalue weighted by molar-refractivity contribution is -0.124. The highest BCUT2D eigenvalue weighted by atomic mass is 32.1. The van der Waals surface area contributed by atoms with Gasteiger partial charge in [-0.1, -0.05) is 18.8 Å². The standard InChI is InChI=1S/C33H45N3O4S/c1-23-8-10-26(11-9-23)31(37)36(28-21-27(12-15-33(3,4)5)41-30(28)32(38)39)24(2)14-19-40-29-20-25(13-16-34-29)22-35-17-6-7-18-35/h13,16,20-21,23-24,26H,6-11,14,17-19,22H2,1-5H3,(H,38,39). The number of nitrogens with zero attached hydrogens (tertiary/aromatic N) is 3. The molecule has 1 aliphatic carbocycles. The molecule has 2 aromatic heterocycles. The summed E-state index contributed by atoms with van der Waals surface area (Å²) in [6.45, 7) is 13.8. The summed E-state index contributed by atoms with van der Waals surface area (Å²) in [6.07, 6.45) is 8.52. The Hall–Kier alpha value is -2.89. The van der Waals surface area contributed by atoms with Crippen LogP contribution in [0.4, 0.5) is 5.69 Å². The van der Waals surface area contributed by atoms with E-state index in [1.165, 1.54) is 18.4 Å².